The third-order valence-corrected chi connectivity index (χ3v) is 3.64. The molecule has 1 aromatic heterocycles. The third kappa shape index (κ3) is 2.78. The van der Waals surface area contributed by atoms with Crippen molar-refractivity contribution in [2.24, 2.45) is 5.73 Å². The fourth-order valence-corrected chi connectivity index (χ4v) is 2.58. The van der Waals surface area contributed by atoms with E-state index in [0.29, 0.717) is 22.5 Å². The third-order valence-electron chi connectivity index (χ3n) is 2.67. The monoisotopic (exact) mass is 350 g/mol. The highest BCUT2D eigenvalue weighted by Crippen LogP contribution is 2.20. The van der Waals surface area contributed by atoms with Crippen LogP contribution < -0.4 is 16.2 Å². The van der Waals surface area contributed by atoms with E-state index < -0.39 is 0 Å². The second-order valence-corrected chi connectivity index (χ2v) is 5.16. The molecule has 2 atom stereocenters. The molecule has 3 N–H and O–H groups in total. The number of ether oxygens (including phenoxy) is 1. The van der Waals surface area contributed by atoms with Crippen LogP contribution in [0.1, 0.15) is 6.92 Å². The van der Waals surface area contributed by atoms with Gasteiger partial charge in [-0.05, 0) is 29.5 Å². The lowest BCUT2D eigenvalue weighted by atomic mass is 10.2. The number of H-pyrrole nitrogens is 1. The van der Waals surface area contributed by atoms with Gasteiger partial charge in [0.25, 0.3) is 5.56 Å². The van der Waals surface area contributed by atoms with Gasteiger partial charge in [-0.2, -0.15) is 0 Å². The highest BCUT2D eigenvalue weighted by molar-refractivity contribution is 14.1. The van der Waals surface area contributed by atoms with Crippen molar-refractivity contribution >= 4 is 28.4 Å². The normalized spacial score (nSPS) is 25.0. The highest BCUT2D eigenvalue weighted by Gasteiger charge is 2.26. The molecule has 2 unspecified atom stereocenters. The van der Waals surface area contributed by atoms with Crippen LogP contribution in [0.25, 0.3) is 0 Å². The first-order chi connectivity index (χ1) is 8.11. The molecule has 1 aliphatic heterocycles. The van der Waals surface area contributed by atoms with Gasteiger partial charge in [-0.15, -0.1) is 0 Å². The molecule has 0 saturated carbocycles. The summed E-state index contributed by atoms with van der Waals surface area (Å²) in [6.07, 6.45) is 1.52. The zero-order valence-electron chi connectivity index (χ0n) is 9.52. The smallest absolute Gasteiger partial charge is 0.266 e. The van der Waals surface area contributed by atoms with Crippen molar-refractivity contribution in [2.45, 2.75) is 19.1 Å². The van der Waals surface area contributed by atoms with Crippen LogP contribution in [0.3, 0.4) is 0 Å². The Morgan fingerprint density at radius 2 is 2.47 bits per heavy atom. The highest BCUT2D eigenvalue weighted by atomic mass is 127. The van der Waals surface area contributed by atoms with Gasteiger partial charge in [0.2, 0.25) is 0 Å². The molecule has 0 radical (unpaired) electrons. The number of hydrogen-bond donors (Lipinski definition) is 2. The van der Waals surface area contributed by atoms with Crippen molar-refractivity contribution in [3.63, 3.8) is 0 Å². The van der Waals surface area contributed by atoms with Crippen molar-refractivity contribution in [1.29, 1.82) is 0 Å². The lowest BCUT2D eigenvalue weighted by molar-refractivity contribution is -0.0107. The van der Waals surface area contributed by atoms with Gasteiger partial charge in [0.1, 0.15) is 9.39 Å². The number of aromatic amines is 1. The molecule has 6 nitrogen and oxygen atoms in total. The summed E-state index contributed by atoms with van der Waals surface area (Å²) >= 11 is 2.01. The molecule has 0 aromatic carbocycles. The Hall–Kier alpha value is -0.670. The molecule has 1 aliphatic rings. The van der Waals surface area contributed by atoms with Crippen molar-refractivity contribution in [3.8, 4) is 0 Å². The number of aromatic nitrogens is 2. The molecule has 2 heterocycles. The van der Waals surface area contributed by atoms with Crippen LogP contribution in [-0.4, -0.2) is 41.8 Å². The van der Waals surface area contributed by atoms with E-state index in [1.807, 2.05) is 29.5 Å². The fourth-order valence-electron chi connectivity index (χ4n) is 1.94. The first-order valence-corrected chi connectivity index (χ1v) is 6.53. The van der Waals surface area contributed by atoms with Gasteiger partial charge in [-0.3, -0.25) is 4.79 Å². The molecule has 0 spiro atoms. The number of nitrogens with one attached hydrogen (secondary N) is 1. The number of anilines is 1. The summed E-state index contributed by atoms with van der Waals surface area (Å²) < 4.78 is 6.28. The van der Waals surface area contributed by atoms with Crippen molar-refractivity contribution in [1.82, 2.24) is 9.97 Å². The van der Waals surface area contributed by atoms with Gasteiger partial charge in [0, 0.05) is 19.6 Å². The van der Waals surface area contributed by atoms with Gasteiger partial charge >= 0.3 is 0 Å². The zero-order chi connectivity index (χ0) is 12.4. The molecule has 1 saturated heterocycles. The maximum Gasteiger partial charge on any atom is 0.266 e. The topological polar surface area (TPSA) is 84.2 Å². The van der Waals surface area contributed by atoms with Crippen molar-refractivity contribution < 1.29 is 4.74 Å². The molecular weight excluding hydrogens is 335 g/mol. The largest absolute Gasteiger partial charge is 0.370 e. The Labute approximate surface area is 113 Å². The number of halogens is 1. The number of nitrogens with zero attached hydrogens (tertiary/aromatic N) is 2. The minimum atomic E-state index is -0.112. The first-order valence-electron chi connectivity index (χ1n) is 5.45. The Kier molecular flexibility index (Phi) is 4.00. The maximum absolute atomic E-state index is 11.5. The molecule has 94 valence electrons. The van der Waals surface area contributed by atoms with E-state index in [4.69, 9.17) is 10.5 Å². The molecule has 17 heavy (non-hydrogen) atoms. The predicted octanol–water partition coefficient (Wildman–Crippen LogP) is -0.0731. The van der Waals surface area contributed by atoms with E-state index >= 15 is 0 Å². The lowest BCUT2D eigenvalue weighted by Crippen LogP contribution is -2.50. The summed E-state index contributed by atoms with van der Waals surface area (Å²) in [5.41, 5.74) is 5.52. The van der Waals surface area contributed by atoms with Crippen LogP contribution >= 0.6 is 22.6 Å². The fraction of sp³-hybridized carbons (Fsp3) is 0.600. The summed E-state index contributed by atoms with van der Waals surface area (Å²) in [6, 6.07) is 0. The SMILES string of the molecule is CC1CN(c2nc[nH]c(=O)c2I)CC(CN)O1. The second-order valence-electron chi connectivity index (χ2n) is 4.08. The number of morpholine rings is 1. The standard InChI is InChI=1S/C10H15IN4O2/c1-6-3-15(4-7(2-12)17-6)9-8(11)10(16)14-5-13-9/h5-7H,2-4,12H2,1H3,(H,13,14,16). The molecule has 0 bridgehead atoms. The summed E-state index contributed by atoms with van der Waals surface area (Å²) in [5.74, 6) is 0.711. The number of rotatable bonds is 2. The molecule has 1 aromatic rings. The Morgan fingerprint density at radius 3 is 3.18 bits per heavy atom. The Balaban J connectivity index is 2.27. The van der Waals surface area contributed by atoms with Crippen molar-refractivity contribution in [2.75, 3.05) is 24.5 Å². The van der Waals surface area contributed by atoms with Crippen molar-refractivity contribution in [3.05, 3.63) is 20.3 Å². The molecular formula is C10H15IN4O2. The van der Waals surface area contributed by atoms with E-state index in [-0.39, 0.29) is 17.8 Å². The van der Waals surface area contributed by atoms with Crippen LogP contribution in [0.15, 0.2) is 11.1 Å². The summed E-state index contributed by atoms with van der Waals surface area (Å²) in [4.78, 5) is 20.4. The zero-order valence-corrected chi connectivity index (χ0v) is 11.7. The van der Waals surface area contributed by atoms with Gasteiger partial charge in [0.05, 0.1) is 18.5 Å². The molecule has 2 rings (SSSR count). The average Bonchev–Trinajstić information content (AvgIpc) is 2.31. The Morgan fingerprint density at radius 1 is 1.71 bits per heavy atom. The van der Waals surface area contributed by atoms with Crippen LogP contribution in [-0.2, 0) is 4.74 Å². The number of nitrogens with two attached hydrogens (primary N) is 1. The van der Waals surface area contributed by atoms with E-state index in [0.717, 1.165) is 6.54 Å². The molecule has 7 heteroatoms. The number of hydrogen-bond acceptors (Lipinski definition) is 5. The predicted molar refractivity (Wildman–Crippen MR) is 73.2 cm³/mol. The summed E-state index contributed by atoms with van der Waals surface area (Å²) in [6.45, 7) is 3.87. The van der Waals surface area contributed by atoms with Crippen LogP contribution in [0.5, 0.6) is 0 Å². The summed E-state index contributed by atoms with van der Waals surface area (Å²) in [7, 11) is 0. The van der Waals surface area contributed by atoms with Crippen LogP contribution in [0, 0.1) is 3.57 Å². The average molecular weight is 350 g/mol. The van der Waals surface area contributed by atoms with Gasteiger partial charge in [-0.1, -0.05) is 0 Å². The molecule has 0 aliphatic carbocycles. The maximum atomic E-state index is 11.5. The van der Waals surface area contributed by atoms with Crippen LogP contribution in [0.2, 0.25) is 0 Å². The second kappa shape index (κ2) is 5.32. The van der Waals surface area contributed by atoms with Crippen LogP contribution in [0.4, 0.5) is 5.82 Å². The molecule has 0 amide bonds. The molecule has 1 fully saturated rings. The van der Waals surface area contributed by atoms with E-state index in [2.05, 4.69) is 14.9 Å². The van der Waals surface area contributed by atoms with Gasteiger partial charge in [0.15, 0.2) is 0 Å². The summed E-state index contributed by atoms with van der Waals surface area (Å²) in [5, 5.41) is 0. The quantitative estimate of drug-likeness (QED) is 0.730. The van der Waals surface area contributed by atoms with Gasteiger partial charge < -0.3 is 20.4 Å². The van der Waals surface area contributed by atoms with Gasteiger partial charge in [-0.25, -0.2) is 4.98 Å². The lowest BCUT2D eigenvalue weighted by Gasteiger charge is -2.37. The van der Waals surface area contributed by atoms with E-state index in [9.17, 15) is 4.79 Å². The minimum Gasteiger partial charge on any atom is -0.370 e. The Bertz CT molecular complexity index is 450. The minimum absolute atomic E-state index is 0.00404. The first kappa shape index (κ1) is 12.8. The van der Waals surface area contributed by atoms with E-state index in [1.165, 1.54) is 6.33 Å². The van der Waals surface area contributed by atoms with E-state index in [1.54, 1.807) is 0 Å².